The molecule has 1 unspecified atom stereocenters. The highest BCUT2D eigenvalue weighted by molar-refractivity contribution is 7.13. The van der Waals surface area contributed by atoms with Gasteiger partial charge < -0.3 is 15.4 Å². The Bertz CT molecular complexity index is 699. The number of piperidine rings is 1. The van der Waals surface area contributed by atoms with Crippen molar-refractivity contribution >= 4 is 17.2 Å². The number of benzene rings is 1. The number of rotatable bonds is 6. The lowest BCUT2D eigenvalue weighted by Crippen LogP contribution is -2.47. The number of hydrogen-bond donors (Lipinski definition) is 1. The smallest absolute Gasteiger partial charge is 0.273 e. The van der Waals surface area contributed by atoms with Crippen LogP contribution in [0, 0.1) is 0 Å². The number of nitrogens with two attached hydrogens (primary N) is 1. The van der Waals surface area contributed by atoms with Gasteiger partial charge in [0.05, 0.1) is 6.61 Å². The summed E-state index contributed by atoms with van der Waals surface area (Å²) in [6.45, 7) is 4.09. The summed E-state index contributed by atoms with van der Waals surface area (Å²) in [5.41, 5.74) is 7.35. The van der Waals surface area contributed by atoms with E-state index < -0.39 is 0 Å². The zero-order chi connectivity index (χ0) is 17.6. The van der Waals surface area contributed by atoms with E-state index >= 15 is 0 Å². The molecule has 6 heteroatoms. The molecule has 1 atom stereocenters. The van der Waals surface area contributed by atoms with Crippen molar-refractivity contribution in [2.24, 2.45) is 5.73 Å². The van der Waals surface area contributed by atoms with Gasteiger partial charge in [0.25, 0.3) is 5.91 Å². The van der Waals surface area contributed by atoms with E-state index in [1.165, 1.54) is 11.3 Å². The van der Waals surface area contributed by atoms with Gasteiger partial charge in [0.2, 0.25) is 0 Å². The van der Waals surface area contributed by atoms with Gasteiger partial charge in [0.1, 0.15) is 16.5 Å². The third-order valence-electron chi connectivity index (χ3n) is 4.46. The number of ether oxygens (including phenoxy) is 1. The third kappa shape index (κ3) is 4.19. The highest BCUT2D eigenvalue weighted by Gasteiger charge is 2.27. The predicted molar refractivity (Wildman–Crippen MR) is 101 cm³/mol. The maximum absolute atomic E-state index is 12.8. The van der Waals surface area contributed by atoms with E-state index in [-0.39, 0.29) is 11.9 Å². The van der Waals surface area contributed by atoms with Crippen molar-refractivity contribution in [3.8, 4) is 16.3 Å². The molecule has 1 fully saturated rings. The minimum absolute atomic E-state index is 0.000509. The maximum atomic E-state index is 12.8. The van der Waals surface area contributed by atoms with Crippen molar-refractivity contribution in [1.82, 2.24) is 9.88 Å². The Morgan fingerprint density at radius 2 is 2.16 bits per heavy atom. The number of aromatic nitrogens is 1. The van der Waals surface area contributed by atoms with Crippen LogP contribution in [0.5, 0.6) is 5.75 Å². The Balaban J connectivity index is 1.72. The van der Waals surface area contributed by atoms with E-state index in [9.17, 15) is 4.79 Å². The minimum atomic E-state index is 0.000509. The summed E-state index contributed by atoms with van der Waals surface area (Å²) >= 11 is 1.50. The van der Waals surface area contributed by atoms with Gasteiger partial charge in [-0.2, -0.15) is 0 Å². The predicted octanol–water partition coefficient (Wildman–Crippen LogP) is 3.55. The fourth-order valence-corrected chi connectivity index (χ4v) is 3.88. The second-order valence-corrected chi connectivity index (χ2v) is 7.15. The first kappa shape index (κ1) is 17.9. The van der Waals surface area contributed by atoms with E-state index in [0.717, 1.165) is 48.5 Å². The minimum Gasteiger partial charge on any atom is -0.494 e. The molecule has 2 aromatic rings. The summed E-state index contributed by atoms with van der Waals surface area (Å²) in [5, 5.41) is 2.70. The number of likely N-dealkylation sites (tertiary alicyclic amines) is 1. The Morgan fingerprint density at radius 1 is 1.36 bits per heavy atom. The standard InChI is InChI=1S/C19H25N3O2S/c1-2-11-24-16-8-6-14(7-9-16)18-21-17(13-25-18)19(23)22-10-4-3-5-15(22)12-20/h6-9,13,15H,2-5,10-12,20H2,1H3. The third-order valence-corrected chi connectivity index (χ3v) is 5.35. The normalized spacial score (nSPS) is 17.5. The monoisotopic (exact) mass is 359 g/mol. The molecule has 0 bridgehead atoms. The molecule has 1 aromatic carbocycles. The molecule has 2 heterocycles. The van der Waals surface area contributed by atoms with Crippen LogP contribution < -0.4 is 10.5 Å². The summed E-state index contributed by atoms with van der Waals surface area (Å²) in [6.07, 6.45) is 4.15. The largest absolute Gasteiger partial charge is 0.494 e. The molecule has 1 aliphatic heterocycles. The highest BCUT2D eigenvalue weighted by Crippen LogP contribution is 2.27. The van der Waals surface area contributed by atoms with Gasteiger partial charge >= 0.3 is 0 Å². The number of carbonyl (C=O) groups is 1. The highest BCUT2D eigenvalue weighted by atomic mass is 32.1. The van der Waals surface area contributed by atoms with Crippen molar-refractivity contribution in [3.05, 3.63) is 35.3 Å². The summed E-state index contributed by atoms with van der Waals surface area (Å²) in [7, 11) is 0. The molecule has 1 aliphatic rings. The van der Waals surface area contributed by atoms with Crippen molar-refractivity contribution in [2.45, 2.75) is 38.6 Å². The first-order valence-electron chi connectivity index (χ1n) is 8.92. The molecule has 0 aliphatic carbocycles. The fraction of sp³-hybridized carbons (Fsp3) is 0.474. The molecule has 1 aromatic heterocycles. The zero-order valence-electron chi connectivity index (χ0n) is 14.6. The molecular weight excluding hydrogens is 334 g/mol. The van der Waals surface area contributed by atoms with Gasteiger partial charge in [0.15, 0.2) is 0 Å². The zero-order valence-corrected chi connectivity index (χ0v) is 15.4. The molecule has 0 saturated carbocycles. The SMILES string of the molecule is CCCOc1ccc(-c2nc(C(=O)N3CCCCC3CN)cs2)cc1. The Morgan fingerprint density at radius 3 is 2.88 bits per heavy atom. The van der Waals surface area contributed by atoms with Gasteiger partial charge in [0, 0.05) is 30.1 Å². The lowest BCUT2D eigenvalue weighted by molar-refractivity contribution is 0.0618. The van der Waals surface area contributed by atoms with Crippen molar-refractivity contribution in [3.63, 3.8) is 0 Å². The van der Waals surface area contributed by atoms with Crippen LogP contribution in [0.25, 0.3) is 10.6 Å². The number of nitrogens with zero attached hydrogens (tertiary/aromatic N) is 2. The molecule has 0 radical (unpaired) electrons. The summed E-state index contributed by atoms with van der Waals surface area (Å²) < 4.78 is 5.60. The van der Waals surface area contributed by atoms with Crippen molar-refractivity contribution in [2.75, 3.05) is 19.7 Å². The lowest BCUT2D eigenvalue weighted by atomic mass is 10.0. The van der Waals surface area contributed by atoms with Crippen LogP contribution in [-0.4, -0.2) is 41.5 Å². The van der Waals surface area contributed by atoms with Crippen LogP contribution >= 0.6 is 11.3 Å². The van der Waals surface area contributed by atoms with Crippen molar-refractivity contribution in [1.29, 1.82) is 0 Å². The van der Waals surface area contributed by atoms with E-state index in [2.05, 4.69) is 11.9 Å². The van der Waals surface area contributed by atoms with E-state index in [4.69, 9.17) is 10.5 Å². The first-order chi connectivity index (χ1) is 12.2. The Kier molecular flexibility index (Phi) is 6.04. The Labute approximate surface area is 152 Å². The molecule has 25 heavy (non-hydrogen) atoms. The van der Waals surface area contributed by atoms with Gasteiger partial charge in [-0.1, -0.05) is 6.92 Å². The van der Waals surface area contributed by atoms with Crippen LogP contribution in [0.2, 0.25) is 0 Å². The van der Waals surface area contributed by atoms with E-state index in [1.807, 2.05) is 34.5 Å². The van der Waals surface area contributed by atoms with Crippen molar-refractivity contribution < 1.29 is 9.53 Å². The van der Waals surface area contributed by atoms with Gasteiger partial charge in [-0.3, -0.25) is 4.79 Å². The second-order valence-electron chi connectivity index (χ2n) is 6.29. The molecule has 5 nitrogen and oxygen atoms in total. The quantitative estimate of drug-likeness (QED) is 0.856. The van der Waals surface area contributed by atoms with Crippen LogP contribution in [0.15, 0.2) is 29.6 Å². The van der Waals surface area contributed by atoms with Crippen LogP contribution in [-0.2, 0) is 0 Å². The average molecular weight is 359 g/mol. The van der Waals surface area contributed by atoms with E-state index in [1.54, 1.807) is 0 Å². The number of hydrogen-bond acceptors (Lipinski definition) is 5. The molecule has 1 amide bonds. The fourth-order valence-electron chi connectivity index (χ4n) is 3.08. The molecular formula is C19H25N3O2S. The van der Waals surface area contributed by atoms with Gasteiger partial charge in [-0.05, 0) is 49.9 Å². The lowest BCUT2D eigenvalue weighted by Gasteiger charge is -2.34. The summed E-state index contributed by atoms with van der Waals surface area (Å²) in [5.74, 6) is 0.859. The number of carbonyl (C=O) groups excluding carboxylic acids is 1. The van der Waals surface area contributed by atoms with E-state index in [0.29, 0.717) is 18.8 Å². The number of thiazole rings is 1. The Hall–Kier alpha value is -1.92. The summed E-state index contributed by atoms with van der Waals surface area (Å²) in [6, 6.07) is 8.01. The topological polar surface area (TPSA) is 68.5 Å². The maximum Gasteiger partial charge on any atom is 0.273 e. The molecule has 0 spiro atoms. The average Bonchev–Trinajstić information content (AvgIpc) is 3.16. The molecule has 2 N–H and O–H groups in total. The van der Waals surface area contributed by atoms with Crippen LogP contribution in [0.4, 0.5) is 0 Å². The van der Waals surface area contributed by atoms with Crippen LogP contribution in [0.1, 0.15) is 43.1 Å². The number of amides is 1. The molecule has 134 valence electrons. The summed E-state index contributed by atoms with van der Waals surface area (Å²) in [4.78, 5) is 19.2. The molecule has 1 saturated heterocycles. The molecule has 3 rings (SSSR count). The van der Waals surface area contributed by atoms with Gasteiger partial charge in [-0.25, -0.2) is 4.98 Å². The van der Waals surface area contributed by atoms with Gasteiger partial charge in [-0.15, -0.1) is 11.3 Å². The second kappa shape index (κ2) is 8.45. The first-order valence-corrected chi connectivity index (χ1v) is 9.80. The van der Waals surface area contributed by atoms with Crippen LogP contribution in [0.3, 0.4) is 0 Å².